The van der Waals surface area contributed by atoms with Crippen molar-refractivity contribution in [2.45, 2.75) is 12.2 Å². The quantitative estimate of drug-likeness (QED) is 0.860. The number of nitrogens with one attached hydrogen (secondary N) is 1. The lowest BCUT2D eigenvalue weighted by atomic mass is 10.3. The molecule has 0 aliphatic carbocycles. The summed E-state index contributed by atoms with van der Waals surface area (Å²) in [6.07, 6.45) is 0. The molecule has 0 radical (unpaired) electrons. The molecule has 1 aromatic rings. The monoisotopic (exact) mass is 284 g/mol. The molecule has 1 aliphatic heterocycles. The van der Waals surface area contributed by atoms with Gasteiger partial charge < -0.3 is 11.1 Å². The molecule has 5 nitrogen and oxygen atoms in total. The molecule has 1 fully saturated rings. The summed E-state index contributed by atoms with van der Waals surface area (Å²) in [4.78, 5) is 19.8. The van der Waals surface area contributed by atoms with E-state index in [0.29, 0.717) is 23.2 Å². The van der Waals surface area contributed by atoms with E-state index in [1.165, 1.54) is 5.75 Å². The van der Waals surface area contributed by atoms with Gasteiger partial charge in [-0.2, -0.15) is 23.5 Å². The molecule has 3 N–H and O–H groups in total. The molecule has 7 heteroatoms. The SMILES string of the molecule is Cc1cc(C(=O)NCC2CSCCS2)nc(N)n1. The maximum atomic E-state index is 11.9. The minimum atomic E-state index is -0.177. The van der Waals surface area contributed by atoms with Crippen LogP contribution in [0.3, 0.4) is 0 Å². The van der Waals surface area contributed by atoms with E-state index in [2.05, 4.69) is 15.3 Å². The Bertz CT molecular complexity index is 415. The van der Waals surface area contributed by atoms with Crippen molar-refractivity contribution < 1.29 is 4.79 Å². The van der Waals surface area contributed by atoms with Crippen LogP contribution >= 0.6 is 23.5 Å². The first-order valence-corrected chi connectivity index (χ1v) is 7.94. The number of hydrogen-bond donors (Lipinski definition) is 2. The highest BCUT2D eigenvalue weighted by Gasteiger charge is 2.16. The van der Waals surface area contributed by atoms with Crippen LogP contribution in [0.2, 0.25) is 0 Å². The van der Waals surface area contributed by atoms with Crippen molar-refractivity contribution in [1.82, 2.24) is 15.3 Å². The van der Waals surface area contributed by atoms with Gasteiger partial charge in [-0.3, -0.25) is 4.79 Å². The van der Waals surface area contributed by atoms with E-state index >= 15 is 0 Å². The van der Waals surface area contributed by atoms with Crippen molar-refractivity contribution in [3.8, 4) is 0 Å². The molecule has 18 heavy (non-hydrogen) atoms. The zero-order valence-electron chi connectivity index (χ0n) is 10.2. The number of hydrogen-bond acceptors (Lipinski definition) is 6. The van der Waals surface area contributed by atoms with Gasteiger partial charge in [0.1, 0.15) is 5.69 Å². The molecule has 1 aromatic heterocycles. The number of nitrogen functional groups attached to an aromatic ring is 1. The van der Waals surface area contributed by atoms with Gasteiger partial charge in [0.15, 0.2) is 0 Å². The summed E-state index contributed by atoms with van der Waals surface area (Å²) >= 11 is 3.85. The molecule has 2 heterocycles. The average molecular weight is 284 g/mol. The number of rotatable bonds is 3. The summed E-state index contributed by atoms with van der Waals surface area (Å²) in [5, 5.41) is 3.40. The highest BCUT2D eigenvalue weighted by atomic mass is 32.2. The number of nitrogens with two attached hydrogens (primary N) is 1. The Balaban J connectivity index is 1.90. The van der Waals surface area contributed by atoms with Gasteiger partial charge in [0, 0.05) is 34.7 Å². The molecule has 0 saturated carbocycles. The van der Waals surface area contributed by atoms with Crippen LogP contribution < -0.4 is 11.1 Å². The highest BCUT2D eigenvalue weighted by Crippen LogP contribution is 2.23. The van der Waals surface area contributed by atoms with Gasteiger partial charge in [-0.15, -0.1) is 0 Å². The van der Waals surface area contributed by atoms with Crippen LogP contribution in [0.5, 0.6) is 0 Å². The molecule has 1 unspecified atom stereocenters. The van der Waals surface area contributed by atoms with Crippen LogP contribution in [0.25, 0.3) is 0 Å². The molecule has 98 valence electrons. The van der Waals surface area contributed by atoms with E-state index in [1.807, 2.05) is 23.5 Å². The average Bonchev–Trinajstić information content (AvgIpc) is 2.36. The summed E-state index contributed by atoms with van der Waals surface area (Å²) < 4.78 is 0. The van der Waals surface area contributed by atoms with Crippen LogP contribution in [0.15, 0.2) is 6.07 Å². The zero-order chi connectivity index (χ0) is 13.0. The van der Waals surface area contributed by atoms with Gasteiger partial charge in [-0.1, -0.05) is 0 Å². The van der Waals surface area contributed by atoms with Gasteiger partial charge in [0.05, 0.1) is 0 Å². The Kier molecular flexibility index (Phi) is 4.71. The van der Waals surface area contributed by atoms with Gasteiger partial charge in [-0.25, -0.2) is 9.97 Å². The molecular formula is C11H16N4OS2. The number of nitrogens with zero attached hydrogens (tertiary/aromatic N) is 2. The number of aryl methyl sites for hydroxylation is 1. The first-order valence-electron chi connectivity index (χ1n) is 5.74. The van der Waals surface area contributed by atoms with Crippen LogP contribution in [0.4, 0.5) is 5.95 Å². The normalized spacial score (nSPS) is 19.5. The summed E-state index contributed by atoms with van der Waals surface area (Å²) in [5.41, 5.74) is 6.57. The molecule has 1 aliphatic rings. The third-order valence-electron chi connectivity index (χ3n) is 2.48. The van der Waals surface area contributed by atoms with Gasteiger partial charge >= 0.3 is 0 Å². The Morgan fingerprint density at radius 2 is 2.39 bits per heavy atom. The molecular weight excluding hydrogens is 268 g/mol. The molecule has 0 spiro atoms. The van der Waals surface area contributed by atoms with Gasteiger partial charge in [0.25, 0.3) is 5.91 Å². The van der Waals surface area contributed by atoms with Crippen molar-refractivity contribution in [2.24, 2.45) is 0 Å². The number of carbonyl (C=O) groups is 1. The molecule has 2 rings (SSSR count). The van der Waals surface area contributed by atoms with Crippen molar-refractivity contribution in [1.29, 1.82) is 0 Å². The molecule has 0 aromatic carbocycles. The molecule has 1 atom stereocenters. The first-order chi connectivity index (χ1) is 8.65. The van der Waals surface area contributed by atoms with Gasteiger partial charge in [0.2, 0.25) is 5.95 Å². The Morgan fingerprint density at radius 3 is 3.06 bits per heavy atom. The highest BCUT2D eigenvalue weighted by molar-refractivity contribution is 8.06. The van der Waals surface area contributed by atoms with Crippen molar-refractivity contribution in [3.05, 3.63) is 17.5 Å². The maximum Gasteiger partial charge on any atom is 0.270 e. The molecule has 1 amide bonds. The van der Waals surface area contributed by atoms with Crippen LogP contribution in [0.1, 0.15) is 16.2 Å². The Hall–Kier alpha value is -0.950. The topological polar surface area (TPSA) is 80.9 Å². The van der Waals surface area contributed by atoms with E-state index in [9.17, 15) is 4.79 Å². The number of anilines is 1. The Morgan fingerprint density at radius 1 is 1.56 bits per heavy atom. The number of aromatic nitrogens is 2. The lowest BCUT2D eigenvalue weighted by molar-refractivity contribution is 0.0949. The van der Waals surface area contributed by atoms with E-state index in [1.54, 1.807) is 13.0 Å². The van der Waals surface area contributed by atoms with Crippen LogP contribution in [0, 0.1) is 6.92 Å². The Labute approximate surface area is 115 Å². The largest absolute Gasteiger partial charge is 0.368 e. The van der Waals surface area contributed by atoms with E-state index in [0.717, 1.165) is 11.5 Å². The van der Waals surface area contributed by atoms with Crippen LogP contribution in [-0.4, -0.2) is 44.9 Å². The summed E-state index contributed by atoms with van der Waals surface area (Å²) in [7, 11) is 0. The summed E-state index contributed by atoms with van der Waals surface area (Å²) in [6.45, 7) is 2.47. The zero-order valence-corrected chi connectivity index (χ0v) is 11.8. The molecule has 1 saturated heterocycles. The minimum absolute atomic E-state index is 0.141. The third kappa shape index (κ3) is 3.78. The van der Waals surface area contributed by atoms with E-state index < -0.39 is 0 Å². The predicted molar refractivity (Wildman–Crippen MR) is 77.1 cm³/mol. The fraction of sp³-hybridized carbons (Fsp3) is 0.545. The lowest BCUT2D eigenvalue weighted by Crippen LogP contribution is -2.34. The van der Waals surface area contributed by atoms with Crippen molar-refractivity contribution >= 4 is 35.4 Å². The predicted octanol–water partition coefficient (Wildman–Crippen LogP) is 0.946. The van der Waals surface area contributed by atoms with E-state index in [4.69, 9.17) is 5.73 Å². The summed E-state index contributed by atoms with van der Waals surface area (Å²) in [5.74, 6) is 3.42. The smallest absolute Gasteiger partial charge is 0.270 e. The standard InChI is InChI=1S/C11H16N4OS2/c1-7-4-9(15-11(12)14-7)10(16)13-5-8-6-17-2-3-18-8/h4,8H,2-3,5-6H2,1H3,(H,13,16)(H2,12,14,15). The second-order valence-electron chi connectivity index (χ2n) is 4.03. The van der Waals surface area contributed by atoms with E-state index in [-0.39, 0.29) is 11.9 Å². The maximum absolute atomic E-state index is 11.9. The second-order valence-corrected chi connectivity index (χ2v) is 6.59. The van der Waals surface area contributed by atoms with Crippen molar-refractivity contribution in [2.75, 3.05) is 29.5 Å². The number of thioether (sulfide) groups is 2. The number of carbonyl (C=O) groups excluding carboxylic acids is 1. The lowest BCUT2D eigenvalue weighted by Gasteiger charge is -2.20. The second kappa shape index (κ2) is 6.29. The fourth-order valence-electron chi connectivity index (χ4n) is 1.66. The first kappa shape index (κ1) is 13.5. The molecule has 0 bridgehead atoms. The minimum Gasteiger partial charge on any atom is -0.368 e. The van der Waals surface area contributed by atoms with Crippen LogP contribution in [-0.2, 0) is 0 Å². The fourth-order valence-corrected chi connectivity index (χ4v) is 4.27. The summed E-state index contributed by atoms with van der Waals surface area (Å²) in [6, 6.07) is 1.65. The number of amides is 1. The van der Waals surface area contributed by atoms with Gasteiger partial charge in [-0.05, 0) is 13.0 Å². The van der Waals surface area contributed by atoms with Crippen molar-refractivity contribution in [3.63, 3.8) is 0 Å². The third-order valence-corrected chi connectivity index (χ3v) is 5.32.